The largest absolute Gasteiger partial charge is 0.493 e. The quantitative estimate of drug-likeness (QED) is 0.133. The number of amides is 1. The van der Waals surface area contributed by atoms with E-state index in [9.17, 15) is 19.8 Å². The molecule has 7 rings (SSSR count). The number of rotatable bonds is 18. The molecule has 2 N–H and O–H groups in total. The predicted molar refractivity (Wildman–Crippen MR) is 315 cm³/mol. The van der Waals surface area contributed by atoms with E-state index >= 15 is 9.59 Å². The van der Waals surface area contributed by atoms with Crippen LogP contribution in [-0.2, 0) is 63.6 Å². The van der Waals surface area contributed by atoms with Crippen LogP contribution in [0.25, 0.3) is 0 Å². The normalized spacial score (nSPS) is 37.5. The smallest absolute Gasteiger partial charge is 0.320 e. The predicted octanol–water partition coefficient (Wildman–Crippen LogP) is 9.02. The fourth-order valence-electron chi connectivity index (χ4n) is 13.5. The Morgan fingerprint density at radius 3 is 2.16 bits per heavy atom. The van der Waals surface area contributed by atoms with Gasteiger partial charge in [0.15, 0.2) is 29.7 Å². The average Bonchev–Trinajstić information content (AvgIpc) is 2.46. The number of ketones is 1. The van der Waals surface area contributed by atoms with Crippen LogP contribution in [0.4, 0.5) is 5.69 Å². The van der Waals surface area contributed by atoms with E-state index < -0.39 is 125 Å². The molecule has 0 unspecified atom stereocenters. The van der Waals surface area contributed by atoms with Crippen LogP contribution in [0.3, 0.4) is 0 Å². The molecule has 1 aromatic heterocycles. The van der Waals surface area contributed by atoms with Gasteiger partial charge in [0.05, 0.1) is 70.8 Å². The molecule has 22 heteroatoms. The zero-order chi connectivity index (χ0) is 61.0. The molecule has 466 valence electrons. The number of methoxy groups -OCH3 is 3. The van der Waals surface area contributed by atoms with E-state index in [4.69, 9.17) is 70.6 Å². The van der Waals surface area contributed by atoms with Crippen LogP contribution in [0.2, 0.25) is 10.0 Å². The van der Waals surface area contributed by atoms with Crippen molar-refractivity contribution < 1.29 is 76.8 Å². The average molecular weight is 1230 g/mol. The van der Waals surface area contributed by atoms with E-state index in [0.717, 1.165) is 31.4 Å². The van der Waals surface area contributed by atoms with Gasteiger partial charge in [-0.05, 0) is 98.6 Å². The molecule has 4 saturated heterocycles. The number of anilines is 1. The summed E-state index contributed by atoms with van der Waals surface area (Å²) in [6.07, 6.45) is -1.25. The van der Waals surface area contributed by atoms with Gasteiger partial charge in [-0.2, -0.15) is 0 Å². The van der Waals surface area contributed by atoms with Gasteiger partial charge in [0, 0.05) is 107 Å². The minimum atomic E-state index is -1.50. The van der Waals surface area contributed by atoms with Crippen molar-refractivity contribution in [1.29, 1.82) is 0 Å². The maximum atomic E-state index is 15.5. The van der Waals surface area contributed by atoms with E-state index in [-0.39, 0.29) is 43.6 Å². The molecule has 5 aliphatic rings. The zero-order valence-corrected chi connectivity index (χ0v) is 53.4. The number of nitrogens with zero attached hydrogens (tertiary/aromatic N) is 3. The van der Waals surface area contributed by atoms with Crippen LogP contribution >= 0.6 is 35.0 Å². The molecule has 1 saturated carbocycles. The first-order chi connectivity index (χ1) is 39.1. The highest BCUT2D eigenvalue weighted by atomic mass is 35.5. The van der Waals surface area contributed by atoms with Crippen molar-refractivity contribution in [1.82, 2.24) is 9.88 Å². The van der Waals surface area contributed by atoms with E-state index in [2.05, 4.69) is 9.88 Å². The molecule has 83 heavy (non-hydrogen) atoms. The number of Topliss-reactive ketones (excluding diaryl/α,β-unsaturated/α-hetero) is 1. The second-order valence-electron chi connectivity index (χ2n) is 24.4. The summed E-state index contributed by atoms with van der Waals surface area (Å²) in [6.45, 7) is 19.9. The van der Waals surface area contributed by atoms with Crippen molar-refractivity contribution in [2.75, 3.05) is 45.6 Å². The van der Waals surface area contributed by atoms with E-state index in [0.29, 0.717) is 45.8 Å². The van der Waals surface area contributed by atoms with Crippen molar-refractivity contribution in [2.45, 2.75) is 224 Å². The van der Waals surface area contributed by atoms with Gasteiger partial charge in [0.25, 0.3) is 0 Å². The monoisotopic (exact) mass is 1220 g/mol. The molecule has 1 aromatic carbocycles. The van der Waals surface area contributed by atoms with Crippen molar-refractivity contribution in [3.05, 3.63) is 46.2 Å². The van der Waals surface area contributed by atoms with Gasteiger partial charge in [-0.3, -0.25) is 24.2 Å². The van der Waals surface area contributed by atoms with Gasteiger partial charge >= 0.3 is 11.9 Å². The molecule has 1 aliphatic carbocycles. The number of aliphatic hydroxyl groups is 2. The summed E-state index contributed by atoms with van der Waals surface area (Å²) in [5.41, 5.74) is -2.53. The molecule has 19 nitrogen and oxygen atoms in total. The summed E-state index contributed by atoms with van der Waals surface area (Å²) < 4.78 is 64.5. The molecular weight excluding hydrogens is 1130 g/mol. The van der Waals surface area contributed by atoms with E-state index in [1.165, 1.54) is 37.8 Å². The Hall–Kier alpha value is -3.54. The summed E-state index contributed by atoms with van der Waals surface area (Å²) in [6, 6.07) is 5.08. The Bertz CT molecular complexity index is 2550. The SMILES string of the molecule is CC[C@H]1OC(=O)[C@H](C)[C@@H](O[C@H]2C[C@@](C)(OC)[C@@H](O)[C@H](C)O2)[C@H](C)[C@@H](O[C@@H]2O[C@H](C)C[C@H](N(C)C(C)=O)[C@H]2O)[C@](C)(OC)C[C@@H](C)C(=O)[C@H](C)[C@H]2[C@H](SCCN(Cc3c(Cl)cncc3Cl)c3ccc(OC)c(OC4CCCC4)c3)C(=O)O[C@@]21C. The third kappa shape index (κ3) is 14.6. The number of benzene rings is 1. The van der Waals surface area contributed by atoms with Crippen LogP contribution < -0.4 is 14.4 Å². The number of pyridine rings is 1. The van der Waals surface area contributed by atoms with Gasteiger partial charge in [-0.15, -0.1) is 11.8 Å². The number of ether oxygens (including phenoxy) is 10. The van der Waals surface area contributed by atoms with Crippen LogP contribution in [0.15, 0.2) is 30.6 Å². The topological polar surface area (TPSA) is 220 Å². The van der Waals surface area contributed by atoms with Crippen LogP contribution in [0, 0.1) is 29.6 Å². The molecule has 4 aliphatic heterocycles. The van der Waals surface area contributed by atoms with Crippen molar-refractivity contribution >= 4 is 64.3 Å². The summed E-state index contributed by atoms with van der Waals surface area (Å²) in [4.78, 5) is 66.1. The van der Waals surface area contributed by atoms with Crippen molar-refractivity contribution in [2.24, 2.45) is 29.6 Å². The number of fused-ring (bicyclic) bond motifs is 1. The maximum Gasteiger partial charge on any atom is 0.320 e. The standard InChI is InChI=1S/C61H91Cl2N3O16S/c1-16-47-61(11)49(53(57(72)82-61)83-24-23-66(31-41-42(62)29-64-30-43(41)63)39-21-22-45(73-13)46(26-39)78-40-19-17-18-20-40)34(4)50(68)32(2)27-60(10,75-15)55(81-58-51(69)44(25-33(3)76-58)65(12)38(8)67)35(5)52(36(6)56(71)79-47)80-48-28-59(9,74-14)54(70)37(7)77-48/h21-22,26,29-30,32-37,40,44,47-49,51-55,58,69-70H,16-20,23-25,27-28,31H2,1-15H3/t32-,33-,34-,35+,36-,37+,44+,47-,48+,49+,51-,52+,53+,54+,55-,58+,59-,60-,61-/m1/s1. The first-order valence-corrected chi connectivity index (χ1v) is 31.2. The summed E-state index contributed by atoms with van der Waals surface area (Å²) in [5.74, 6) is -4.44. The molecule has 2 aromatic rings. The Kier molecular flexibility index (Phi) is 22.7. The van der Waals surface area contributed by atoms with Crippen LogP contribution in [0.5, 0.6) is 11.5 Å². The van der Waals surface area contributed by atoms with Crippen LogP contribution in [0.1, 0.15) is 133 Å². The Labute approximate surface area is 505 Å². The summed E-state index contributed by atoms with van der Waals surface area (Å²) in [5, 5.41) is 23.2. The number of hydrogen-bond donors (Lipinski definition) is 2. The first kappa shape index (κ1) is 67.0. The maximum absolute atomic E-state index is 15.5. The lowest BCUT2D eigenvalue weighted by Gasteiger charge is -2.50. The number of hydrogen-bond acceptors (Lipinski definition) is 19. The molecule has 5 heterocycles. The number of aliphatic hydroxyl groups excluding tert-OH is 2. The fourth-order valence-corrected chi connectivity index (χ4v) is 15.5. The molecule has 0 bridgehead atoms. The van der Waals surface area contributed by atoms with Crippen LogP contribution in [-0.4, -0.2) is 174 Å². The van der Waals surface area contributed by atoms with Gasteiger partial charge in [0.2, 0.25) is 5.91 Å². The third-order valence-corrected chi connectivity index (χ3v) is 20.6. The number of cyclic esters (lactones) is 1. The third-order valence-electron chi connectivity index (χ3n) is 18.7. The lowest BCUT2D eigenvalue weighted by Crippen LogP contribution is -2.61. The molecule has 0 radical (unpaired) electrons. The zero-order valence-electron chi connectivity index (χ0n) is 51.1. The van der Waals surface area contributed by atoms with E-state index in [1.54, 1.807) is 54.2 Å². The molecule has 19 atom stereocenters. The number of halogens is 2. The van der Waals surface area contributed by atoms with Gasteiger partial charge in [-0.25, -0.2) is 0 Å². The molecular formula is C61H91Cl2N3O16S. The Morgan fingerprint density at radius 1 is 0.880 bits per heavy atom. The number of carbonyl (C=O) groups excluding carboxylic acids is 4. The van der Waals surface area contributed by atoms with Gasteiger partial charge in [0.1, 0.15) is 29.3 Å². The molecule has 1 amide bonds. The van der Waals surface area contributed by atoms with Crippen molar-refractivity contribution in [3.8, 4) is 11.5 Å². The first-order valence-electron chi connectivity index (χ1n) is 29.4. The second-order valence-corrected chi connectivity index (χ2v) is 26.5. The lowest BCUT2D eigenvalue weighted by molar-refractivity contribution is -0.319. The van der Waals surface area contributed by atoms with Gasteiger partial charge in [-0.1, -0.05) is 50.9 Å². The fraction of sp³-hybridized carbons (Fsp3) is 0.754. The number of esters is 2. The highest BCUT2D eigenvalue weighted by Crippen LogP contribution is 2.50. The lowest BCUT2D eigenvalue weighted by atomic mass is 9.70. The molecule has 0 spiro atoms. The summed E-state index contributed by atoms with van der Waals surface area (Å²) >= 11 is 14.9. The number of aromatic nitrogens is 1. The minimum absolute atomic E-state index is 0.0563. The number of carbonyl (C=O) groups is 4. The number of likely N-dealkylation sites (N-methyl/N-ethyl adjacent to an activating group) is 1. The second kappa shape index (κ2) is 28.1. The Balaban J connectivity index is 1.27. The highest BCUT2D eigenvalue weighted by molar-refractivity contribution is 8.00. The highest BCUT2D eigenvalue weighted by Gasteiger charge is 2.62. The van der Waals surface area contributed by atoms with Crippen molar-refractivity contribution in [3.63, 3.8) is 0 Å². The van der Waals surface area contributed by atoms with E-state index in [1.807, 2.05) is 59.7 Å². The summed E-state index contributed by atoms with van der Waals surface area (Å²) in [7, 11) is 6.24. The Morgan fingerprint density at radius 2 is 1.54 bits per heavy atom. The minimum Gasteiger partial charge on any atom is -0.493 e. The number of thioether (sulfide) groups is 1. The molecule has 5 fully saturated rings. The van der Waals surface area contributed by atoms with Gasteiger partial charge < -0.3 is 67.4 Å².